The normalized spacial score (nSPS) is 17.6. The van der Waals surface area contributed by atoms with Crippen molar-refractivity contribution in [2.24, 2.45) is 0 Å². The zero-order valence-corrected chi connectivity index (χ0v) is 23.3. The molecule has 2 atom stereocenters. The first-order valence-corrected chi connectivity index (χ1v) is 16.0. The van der Waals surface area contributed by atoms with Gasteiger partial charge in [-0.15, -0.1) is 0 Å². The van der Waals surface area contributed by atoms with Crippen LogP contribution in [0.4, 0.5) is 0 Å². The molecule has 3 aromatic heterocycles. The molecule has 15 heteroatoms. The van der Waals surface area contributed by atoms with E-state index in [2.05, 4.69) is 14.3 Å². The first-order valence-electron chi connectivity index (χ1n) is 12.4. The highest BCUT2D eigenvalue weighted by molar-refractivity contribution is 7.89. The molecule has 0 N–H and O–H groups in total. The summed E-state index contributed by atoms with van der Waals surface area (Å²) in [4.78, 5) is 4.48. The van der Waals surface area contributed by atoms with Crippen LogP contribution in [0, 0.1) is 0 Å². The minimum absolute atomic E-state index is 0.0832. The van der Waals surface area contributed by atoms with E-state index < -0.39 is 20.1 Å². The van der Waals surface area contributed by atoms with Crippen LogP contribution in [-0.4, -0.2) is 85.8 Å². The molecular formula is C23H33N5O8S2. The van der Waals surface area contributed by atoms with Crippen molar-refractivity contribution in [3.8, 4) is 17.1 Å². The van der Waals surface area contributed by atoms with E-state index in [1.165, 1.54) is 12.4 Å². The van der Waals surface area contributed by atoms with Crippen LogP contribution in [-0.2, 0) is 33.8 Å². The molecule has 4 heterocycles. The number of nitrogens with zero attached hydrogens (tertiary/aromatic N) is 5. The van der Waals surface area contributed by atoms with Crippen molar-refractivity contribution in [2.75, 3.05) is 38.9 Å². The van der Waals surface area contributed by atoms with Gasteiger partial charge in [0.15, 0.2) is 6.23 Å². The minimum atomic E-state index is -3.54. The molecule has 0 aliphatic carbocycles. The van der Waals surface area contributed by atoms with Crippen LogP contribution in [0.5, 0.6) is 5.88 Å². The summed E-state index contributed by atoms with van der Waals surface area (Å²) >= 11 is 0. The first-order chi connectivity index (χ1) is 18.0. The fourth-order valence-corrected chi connectivity index (χ4v) is 4.97. The van der Waals surface area contributed by atoms with E-state index in [0.29, 0.717) is 49.8 Å². The Hall–Kier alpha value is -2.59. The van der Waals surface area contributed by atoms with Crippen LogP contribution in [0.1, 0.15) is 45.3 Å². The van der Waals surface area contributed by atoms with Crippen LogP contribution in [0.3, 0.4) is 0 Å². The van der Waals surface area contributed by atoms with Gasteiger partial charge in [0.25, 0.3) is 20.1 Å². The smallest absolute Gasteiger partial charge is 0.264 e. The van der Waals surface area contributed by atoms with Crippen LogP contribution < -0.4 is 4.74 Å². The Morgan fingerprint density at radius 1 is 1.13 bits per heavy atom. The summed E-state index contributed by atoms with van der Waals surface area (Å²) in [6.45, 7) is 3.43. The number of pyridine rings is 1. The van der Waals surface area contributed by atoms with Crippen LogP contribution >= 0.6 is 0 Å². The lowest BCUT2D eigenvalue weighted by atomic mass is 10.1. The molecule has 0 saturated carbocycles. The molecule has 0 radical (unpaired) electrons. The number of rotatable bonds is 13. The van der Waals surface area contributed by atoms with Crippen molar-refractivity contribution in [1.29, 1.82) is 0 Å². The summed E-state index contributed by atoms with van der Waals surface area (Å²) in [5.74, 6) is 0.396. The molecule has 4 rings (SSSR count). The number of aromatic nitrogens is 5. The van der Waals surface area contributed by atoms with Gasteiger partial charge >= 0.3 is 0 Å². The molecule has 210 valence electrons. The summed E-state index contributed by atoms with van der Waals surface area (Å²) < 4.78 is 70.7. The van der Waals surface area contributed by atoms with Gasteiger partial charge in [-0.2, -0.15) is 22.7 Å². The third-order valence-electron chi connectivity index (χ3n) is 5.89. The van der Waals surface area contributed by atoms with Gasteiger partial charge in [0.2, 0.25) is 5.88 Å². The lowest BCUT2D eigenvalue weighted by Crippen LogP contribution is -2.19. The second-order valence-electron chi connectivity index (χ2n) is 9.23. The quantitative estimate of drug-likeness (QED) is 0.219. The Morgan fingerprint density at radius 3 is 2.63 bits per heavy atom. The summed E-state index contributed by atoms with van der Waals surface area (Å²) in [5, 5.41) is 9.51. The van der Waals surface area contributed by atoms with E-state index in [9.17, 15) is 16.8 Å². The van der Waals surface area contributed by atoms with Crippen molar-refractivity contribution in [3.05, 3.63) is 24.7 Å². The second-order valence-corrected chi connectivity index (χ2v) is 12.7. The summed E-state index contributed by atoms with van der Waals surface area (Å²) in [6, 6.07) is 1.79. The van der Waals surface area contributed by atoms with Gasteiger partial charge < -0.3 is 14.2 Å². The van der Waals surface area contributed by atoms with Crippen molar-refractivity contribution >= 4 is 31.0 Å². The van der Waals surface area contributed by atoms with Gasteiger partial charge in [-0.3, -0.25) is 4.18 Å². The van der Waals surface area contributed by atoms with Crippen LogP contribution in [0.15, 0.2) is 24.7 Å². The van der Waals surface area contributed by atoms with E-state index in [4.69, 9.17) is 19.3 Å². The summed E-state index contributed by atoms with van der Waals surface area (Å²) in [7, 11) is -6.98. The first kappa shape index (κ1) is 28.4. The fourth-order valence-electron chi connectivity index (χ4n) is 4.03. The topological polar surface area (TPSA) is 154 Å². The Morgan fingerprint density at radius 2 is 1.95 bits per heavy atom. The third-order valence-corrected chi connectivity index (χ3v) is 7.36. The maximum Gasteiger partial charge on any atom is 0.264 e. The number of ether oxygens (including phenoxy) is 3. The Bertz CT molecular complexity index is 1450. The van der Waals surface area contributed by atoms with E-state index in [1.807, 2.05) is 6.92 Å². The summed E-state index contributed by atoms with van der Waals surface area (Å²) in [6.07, 6.45) is 10.1. The van der Waals surface area contributed by atoms with E-state index >= 15 is 0 Å². The van der Waals surface area contributed by atoms with E-state index in [1.54, 1.807) is 16.9 Å². The SMILES string of the molecule is C[C@H](CCOCCCOS(C)(=O)=O)Oc1cc2c(-c3cnn(S(C)(=O)=O)c3)nn(C3CCCCO3)c2cn1. The molecule has 13 nitrogen and oxygen atoms in total. The van der Waals surface area contributed by atoms with E-state index in [-0.39, 0.29) is 18.9 Å². The molecule has 3 aromatic rings. The lowest BCUT2D eigenvalue weighted by Gasteiger charge is -2.23. The second kappa shape index (κ2) is 12.1. The molecule has 0 aromatic carbocycles. The number of hydrogen-bond donors (Lipinski definition) is 0. The molecule has 0 spiro atoms. The lowest BCUT2D eigenvalue weighted by molar-refractivity contribution is -0.0365. The van der Waals surface area contributed by atoms with E-state index in [0.717, 1.165) is 46.8 Å². The average molecular weight is 572 g/mol. The minimum Gasteiger partial charge on any atom is -0.475 e. The number of hydrogen-bond acceptors (Lipinski definition) is 11. The molecule has 1 aliphatic rings. The molecule has 0 amide bonds. The van der Waals surface area contributed by atoms with Crippen molar-refractivity contribution in [1.82, 2.24) is 24.0 Å². The van der Waals surface area contributed by atoms with Crippen LogP contribution in [0.2, 0.25) is 0 Å². The zero-order chi connectivity index (χ0) is 27.3. The van der Waals surface area contributed by atoms with Crippen LogP contribution in [0.25, 0.3) is 22.2 Å². The van der Waals surface area contributed by atoms with Crippen molar-refractivity contribution in [3.63, 3.8) is 0 Å². The fraction of sp³-hybridized carbons (Fsp3) is 0.609. The highest BCUT2D eigenvalue weighted by Gasteiger charge is 2.24. The average Bonchev–Trinajstić information content (AvgIpc) is 3.48. The zero-order valence-electron chi connectivity index (χ0n) is 21.6. The Balaban J connectivity index is 1.47. The largest absolute Gasteiger partial charge is 0.475 e. The van der Waals surface area contributed by atoms with Gasteiger partial charge in [0.1, 0.15) is 5.69 Å². The molecule has 1 aliphatic heterocycles. The number of fused-ring (bicyclic) bond motifs is 1. The molecule has 0 bridgehead atoms. The predicted octanol–water partition coefficient (Wildman–Crippen LogP) is 2.34. The summed E-state index contributed by atoms with van der Waals surface area (Å²) in [5.41, 5.74) is 1.86. The Labute approximate surface area is 222 Å². The molecule has 1 fully saturated rings. The third kappa shape index (κ3) is 7.50. The maximum absolute atomic E-state index is 12.0. The van der Waals surface area contributed by atoms with Gasteiger partial charge in [0, 0.05) is 36.7 Å². The molecule has 38 heavy (non-hydrogen) atoms. The van der Waals surface area contributed by atoms with Crippen molar-refractivity contribution in [2.45, 2.75) is 51.4 Å². The highest BCUT2D eigenvalue weighted by Crippen LogP contribution is 2.34. The molecule has 1 saturated heterocycles. The van der Waals surface area contributed by atoms with Gasteiger partial charge in [-0.1, -0.05) is 0 Å². The van der Waals surface area contributed by atoms with Gasteiger partial charge in [-0.05, 0) is 32.6 Å². The standard InChI is InChI=1S/C23H33N5O8S2/c1-17(8-12-33-9-6-11-35-38(3,31)32)36-21-13-19-20(15-24-21)28(22-7-4-5-10-34-22)26-23(19)18-14-25-27(16-18)37(2,29)30/h13-17,22H,4-12H2,1-3H3/t17-,22?/m1/s1. The predicted molar refractivity (Wildman–Crippen MR) is 139 cm³/mol. The van der Waals surface area contributed by atoms with Crippen molar-refractivity contribution < 1.29 is 35.2 Å². The molecular weight excluding hydrogens is 538 g/mol. The Kier molecular flexibility index (Phi) is 9.03. The highest BCUT2D eigenvalue weighted by atomic mass is 32.2. The maximum atomic E-state index is 12.0. The van der Waals surface area contributed by atoms with Gasteiger partial charge in [0.05, 0.1) is 55.9 Å². The molecule has 1 unspecified atom stereocenters. The van der Waals surface area contributed by atoms with Gasteiger partial charge in [-0.25, -0.2) is 18.1 Å². The monoisotopic (exact) mass is 571 g/mol.